The first-order chi connectivity index (χ1) is 11.6. The molecule has 1 atom stereocenters. The average molecular weight is 330 g/mol. The second-order valence-electron chi connectivity index (χ2n) is 5.28. The molecule has 0 radical (unpaired) electrons. The molecular weight excluding hydrogens is 308 g/mol. The number of methoxy groups -OCH3 is 2. The van der Waals surface area contributed by atoms with Gasteiger partial charge in [-0.05, 0) is 36.8 Å². The van der Waals surface area contributed by atoms with Gasteiger partial charge in [-0.15, -0.1) is 0 Å². The minimum atomic E-state index is -0.452. The Hall–Kier alpha value is -2.73. The molecule has 128 valence electrons. The van der Waals surface area contributed by atoms with Crippen molar-refractivity contribution in [2.75, 3.05) is 24.9 Å². The molecule has 3 N–H and O–H groups in total. The van der Waals surface area contributed by atoms with Crippen molar-refractivity contribution in [3.8, 4) is 11.5 Å². The van der Waals surface area contributed by atoms with Crippen LogP contribution in [0, 0.1) is 0 Å². The molecule has 24 heavy (non-hydrogen) atoms. The van der Waals surface area contributed by atoms with Gasteiger partial charge in [-0.2, -0.15) is 0 Å². The fourth-order valence-electron chi connectivity index (χ4n) is 2.24. The van der Waals surface area contributed by atoms with E-state index in [1.54, 1.807) is 45.4 Å². The number of aliphatic hydroxyl groups is 1. The maximum Gasteiger partial charge on any atom is 0.246 e. The third-order valence-electron chi connectivity index (χ3n) is 3.54. The van der Waals surface area contributed by atoms with Gasteiger partial charge in [0.05, 0.1) is 20.8 Å². The third kappa shape index (κ3) is 4.39. The summed E-state index contributed by atoms with van der Waals surface area (Å²) in [6, 6.07) is 12.0. The molecule has 0 saturated carbocycles. The SMILES string of the molecule is COc1ccc(NC(=O)C(C)Nc2cccc(CO)c2)cc1OC. The molecule has 0 aliphatic heterocycles. The van der Waals surface area contributed by atoms with E-state index in [9.17, 15) is 4.79 Å². The van der Waals surface area contributed by atoms with Crippen molar-refractivity contribution in [1.82, 2.24) is 0 Å². The Labute approximate surface area is 141 Å². The van der Waals surface area contributed by atoms with Crippen molar-refractivity contribution in [2.24, 2.45) is 0 Å². The highest BCUT2D eigenvalue weighted by Crippen LogP contribution is 2.29. The first-order valence-corrected chi connectivity index (χ1v) is 7.56. The molecule has 0 spiro atoms. The van der Waals surface area contributed by atoms with Gasteiger partial charge in [0.2, 0.25) is 5.91 Å². The molecule has 1 unspecified atom stereocenters. The van der Waals surface area contributed by atoms with Crippen LogP contribution in [-0.2, 0) is 11.4 Å². The van der Waals surface area contributed by atoms with Crippen molar-refractivity contribution in [1.29, 1.82) is 0 Å². The Morgan fingerprint density at radius 3 is 2.50 bits per heavy atom. The number of aliphatic hydroxyl groups excluding tert-OH is 1. The summed E-state index contributed by atoms with van der Waals surface area (Å²) in [5, 5.41) is 15.1. The lowest BCUT2D eigenvalue weighted by Gasteiger charge is -2.16. The van der Waals surface area contributed by atoms with E-state index in [0.717, 1.165) is 11.3 Å². The van der Waals surface area contributed by atoms with Gasteiger partial charge in [0.15, 0.2) is 11.5 Å². The highest BCUT2D eigenvalue weighted by Gasteiger charge is 2.14. The zero-order chi connectivity index (χ0) is 17.5. The number of carbonyl (C=O) groups excluding carboxylic acids is 1. The zero-order valence-electron chi connectivity index (χ0n) is 14.0. The summed E-state index contributed by atoms with van der Waals surface area (Å²) >= 11 is 0. The van der Waals surface area contributed by atoms with Gasteiger partial charge in [-0.3, -0.25) is 4.79 Å². The molecule has 0 aliphatic rings. The van der Waals surface area contributed by atoms with Crippen LogP contribution in [0.15, 0.2) is 42.5 Å². The van der Waals surface area contributed by atoms with Gasteiger partial charge in [0, 0.05) is 17.4 Å². The Balaban J connectivity index is 2.03. The van der Waals surface area contributed by atoms with Gasteiger partial charge < -0.3 is 25.2 Å². The van der Waals surface area contributed by atoms with Crippen molar-refractivity contribution < 1.29 is 19.4 Å². The lowest BCUT2D eigenvalue weighted by molar-refractivity contribution is -0.116. The number of hydrogen-bond acceptors (Lipinski definition) is 5. The van der Waals surface area contributed by atoms with Crippen molar-refractivity contribution in [3.63, 3.8) is 0 Å². The van der Waals surface area contributed by atoms with Crippen LogP contribution in [-0.4, -0.2) is 31.3 Å². The minimum absolute atomic E-state index is 0.0399. The maximum atomic E-state index is 12.3. The predicted molar refractivity (Wildman–Crippen MR) is 93.6 cm³/mol. The number of ether oxygens (including phenoxy) is 2. The van der Waals surface area contributed by atoms with Crippen molar-refractivity contribution >= 4 is 17.3 Å². The Kier molecular flexibility index (Phi) is 6.03. The number of carbonyl (C=O) groups is 1. The van der Waals surface area contributed by atoms with Crippen LogP contribution >= 0.6 is 0 Å². The first kappa shape index (κ1) is 17.6. The first-order valence-electron chi connectivity index (χ1n) is 7.56. The van der Waals surface area contributed by atoms with E-state index >= 15 is 0 Å². The van der Waals surface area contributed by atoms with Crippen LogP contribution in [0.1, 0.15) is 12.5 Å². The molecule has 0 heterocycles. The van der Waals surface area contributed by atoms with Crippen molar-refractivity contribution in [2.45, 2.75) is 19.6 Å². The van der Waals surface area contributed by atoms with E-state index in [-0.39, 0.29) is 12.5 Å². The predicted octanol–water partition coefficient (Wildman–Crippen LogP) is 2.64. The highest BCUT2D eigenvalue weighted by molar-refractivity contribution is 5.96. The molecule has 0 aromatic heterocycles. The van der Waals surface area contributed by atoms with E-state index in [2.05, 4.69) is 10.6 Å². The number of anilines is 2. The molecular formula is C18H22N2O4. The van der Waals surface area contributed by atoms with Crippen molar-refractivity contribution in [3.05, 3.63) is 48.0 Å². The van der Waals surface area contributed by atoms with Crippen LogP contribution in [0.25, 0.3) is 0 Å². The van der Waals surface area contributed by atoms with Crippen LogP contribution in [0.2, 0.25) is 0 Å². The lowest BCUT2D eigenvalue weighted by Crippen LogP contribution is -2.31. The molecule has 0 saturated heterocycles. The topological polar surface area (TPSA) is 79.8 Å². The summed E-state index contributed by atoms with van der Waals surface area (Å²) in [5.74, 6) is 0.964. The summed E-state index contributed by atoms with van der Waals surface area (Å²) in [6.45, 7) is 1.73. The third-order valence-corrected chi connectivity index (χ3v) is 3.54. The van der Waals surface area contributed by atoms with Gasteiger partial charge in [0.1, 0.15) is 6.04 Å². The Morgan fingerprint density at radius 2 is 1.83 bits per heavy atom. The number of benzene rings is 2. The summed E-state index contributed by atoms with van der Waals surface area (Å²) in [7, 11) is 3.10. The van der Waals surface area contributed by atoms with Gasteiger partial charge in [-0.1, -0.05) is 12.1 Å². The number of hydrogen-bond donors (Lipinski definition) is 3. The second-order valence-corrected chi connectivity index (χ2v) is 5.28. The van der Waals surface area contributed by atoms with Crippen LogP contribution in [0.5, 0.6) is 11.5 Å². The number of nitrogens with one attached hydrogen (secondary N) is 2. The van der Waals surface area contributed by atoms with Gasteiger partial charge in [-0.25, -0.2) is 0 Å². The quantitative estimate of drug-likeness (QED) is 0.727. The van der Waals surface area contributed by atoms with E-state index in [1.165, 1.54) is 0 Å². The largest absolute Gasteiger partial charge is 0.493 e. The fourth-order valence-corrected chi connectivity index (χ4v) is 2.24. The molecule has 0 bridgehead atoms. The number of amides is 1. The molecule has 0 fully saturated rings. The molecule has 2 rings (SSSR count). The molecule has 1 amide bonds. The Bertz CT molecular complexity index is 703. The van der Waals surface area contributed by atoms with Gasteiger partial charge >= 0.3 is 0 Å². The molecule has 2 aromatic carbocycles. The molecule has 6 heteroatoms. The standard InChI is InChI=1S/C18H22N2O4/c1-12(19-14-6-4-5-13(9-14)11-21)18(22)20-15-7-8-16(23-2)17(10-15)24-3/h4-10,12,19,21H,11H2,1-3H3,(H,20,22). The maximum absolute atomic E-state index is 12.3. The van der Waals surface area contributed by atoms with Crippen LogP contribution < -0.4 is 20.1 Å². The summed E-state index contributed by atoms with van der Waals surface area (Å²) in [4.78, 5) is 12.3. The summed E-state index contributed by atoms with van der Waals surface area (Å²) in [5.41, 5.74) is 2.18. The van der Waals surface area contributed by atoms with Gasteiger partial charge in [0.25, 0.3) is 0 Å². The monoisotopic (exact) mass is 330 g/mol. The van der Waals surface area contributed by atoms with E-state index in [4.69, 9.17) is 14.6 Å². The number of rotatable bonds is 7. The summed E-state index contributed by atoms with van der Waals surface area (Å²) < 4.78 is 10.4. The normalized spacial score (nSPS) is 11.5. The van der Waals surface area contributed by atoms with E-state index in [1.807, 2.05) is 18.2 Å². The smallest absolute Gasteiger partial charge is 0.246 e. The summed E-state index contributed by atoms with van der Waals surface area (Å²) in [6.07, 6.45) is 0. The van der Waals surface area contributed by atoms with Crippen LogP contribution in [0.4, 0.5) is 11.4 Å². The lowest BCUT2D eigenvalue weighted by atomic mass is 10.2. The zero-order valence-corrected chi connectivity index (χ0v) is 14.0. The average Bonchev–Trinajstić information content (AvgIpc) is 2.61. The van der Waals surface area contributed by atoms with Crippen LogP contribution in [0.3, 0.4) is 0 Å². The molecule has 2 aromatic rings. The minimum Gasteiger partial charge on any atom is -0.493 e. The molecule has 6 nitrogen and oxygen atoms in total. The van der Waals surface area contributed by atoms with E-state index in [0.29, 0.717) is 17.2 Å². The Morgan fingerprint density at radius 1 is 1.08 bits per heavy atom. The molecule has 0 aliphatic carbocycles. The fraction of sp³-hybridized carbons (Fsp3) is 0.278. The second kappa shape index (κ2) is 8.21. The van der Waals surface area contributed by atoms with E-state index < -0.39 is 6.04 Å². The highest BCUT2D eigenvalue weighted by atomic mass is 16.5.